The number of esters is 1. The Morgan fingerprint density at radius 1 is 0.479 bits per heavy atom. The van der Waals surface area contributed by atoms with E-state index >= 15 is 0 Å². The van der Waals surface area contributed by atoms with E-state index in [0.717, 1.165) is 19.3 Å². The molecule has 1 unspecified atom stereocenters. The molecule has 0 rings (SSSR count). The second-order valence-electron chi connectivity index (χ2n) is 14.8. The quantitative estimate of drug-likeness (QED) is 0.0397. The van der Waals surface area contributed by atoms with Gasteiger partial charge < -0.3 is 14.6 Å². The molecular formula is C44H86O4. The Morgan fingerprint density at radius 3 is 1.25 bits per heavy atom. The van der Waals surface area contributed by atoms with Gasteiger partial charge in [-0.25, -0.2) is 0 Å². The van der Waals surface area contributed by atoms with Gasteiger partial charge in [-0.05, 0) is 32.1 Å². The number of hydrogen-bond donors (Lipinski definition) is 1. The summed E-state index contributed by atoms with van der Waals surface area (Å²) in [5.41, 5.74) is 0. The summed E-state index contributed by atoms with van der Waals surface area (Å²) in [7, 11) is 0. The van der Waals surface area contributed by atoms with E-state index in [1.54, 1.807) is 0 Å². The number of ether oxygens (including phenoxy) is 2. The second-order valence-corrected chi connectivity index (χ2v) is 14.8. The fourth-order valence-corrected chi connectivity index (χ4v) is 6.55. The summed E-state index contributed by atoms with van der Waals surface area (Å²) >= 11 is 0. The van der Waals surface area contributed by atoms with E-state index in [1.165, 1.54) is 199 Å². The molecule has 0 radical (unpaired) electrons. The van der Waals surface area contributed by atoms with Crippen molar-refractivity contribution in [1.29, 1.82) is 0 Å². The predicted molar refractivity (Wildman–Crippen MR) is 210 cm³/mol. The van der Waals surface area contributed by atoms with Gasteiger partial charge in [-0.1, -0.05) is 212 Å². The van der Waals surface area contributed by atoms with Crippen LogP contribution in [-0.2, 0) is 14.3 Å². The zero-order chi connectivity index (χ0) is 34.9. The van der Waals surface area contributed by atoms with Gasteiger partial charge in [0.05, 0.1) is 13.2 Å². The molecule has 1 atom stereocenters. The van der Waals surface area contributed by atoms with Crippen molar-refractivity contribution in [2.24, 2.45) is 0 Å². The molecule has 0 aromatic heterocycles. The number of carbonyl (C=O) groups excluding carboxylic acids is 1. The Hall–Kier alpha value is -0.870. The summed E-state index contributed by atoms with van der Waals surface area (Å²) in [5, 5.41) is 9.58. The summed E-state index contributed by atoms with van der Waals surface area (Å²) in [6.07, 6.45) is 50.0. The van der Waals surface area contributed by atoms with Crippen LogP contribution in [0.2, 0.25) is 0 Å². The van der Waals surface area contributed by atoms with Gasteiger partial charge in [0.15, 0.2) is 0 Å². The minimum absolute atomic E-state index is 0.169. The van der Waals surface area contributed by atoms with Gasteiger partial charge in [0.1, 0.15) is 6.10 Å². The monoisotopic (exact) mass is 679 g/mol. The Bertz CT molecular complexity index is 633. The smallest absolute Gasteiger partial charge is 0.306 e. The van der Waals surface area contributed by atoms with Crippen LogP contribution in [0.15, 0.2) is 12.2 Å². The highest BCUT2D eigenvalue weighted by molar-refractivity contribution is 5.69. The highest BCUT2D eigenvalue weighted by Crippen LogP contribution is 2.16. The van der Waals surface area contributed by atoms with Crippen molar-refractivity contribution in [3.05, 3.63) is 12.2 Å². The first-order valence-electron chi connectivity index (χ1n) is 21.8. The molecule has 0 fully saturated rings. The summed E-state index contributed by atoms with van der Waals surface area (Å²) in [4.78, 5) is 12.2. The van der Waals surface area contributed by atoms with Crippen LogP contribution in [0.5, 0.6) is 0 Å². The fourth-order valence-electron chi connectivity index (χ4n) is 6.55. The molecule has 0 amide bonds. The van der Waals surface area contributed by atoms with Crippen molar-refractivity contribution in [1.82, 2.24) is 0 Å². The highest BCUT2D eigenvalue weighted by atomic mass is 16.6. The number of hydrogen-bond acceptors (Lipinski definition) is 4. The summed E-state index contributed by atoms with van der Waals surface area (Å²) < 4.78 is 11.1. The first kappa shape index (κ1) is 47.1. The summed E-state index contributed by atoms with van der Waals surface area (Å²) in [5.74, 6) is -0.198. The molecule has 4 heteroatoms. The van der Waals surface area contributed by atoms with E-state index in [0.29, 0.717) is 19.6 Å². The first-order valence-corrected chi connectivity index (χ1v) is 21.8. The number of unbranched alkanes of at least 4 members (excludes halogenated alkanes) is 31. The van der Waals surface area contributed by atoms with Crippen molar-refractivity contribution >= 4 is 5.97 Å². The van der Waals surface area contributed by atoms with E-state index in [1.807, 2.05) is 0 Å². The SMILES string of the molecule is CCCC/C=C\CCCCCCCCOCC(CO)OC(=O)CCCCCCCCCCCCCCCCCCCCCCCCCC. The molecule has 0 aromatic carbocycles. The molecule has 0 spiro atoms. The second kappa shape index (κ2) is 42.3. The van der Waals surface area contributed by atoms with Gasteiger partial charge in [-0.15, -0.1) is 0 Å². The maximum Gasteiger partial charge on any atom is 0.306 e. The Labute approximate surface area is 301 Å². The predicted octanol–water partition coefficient (Wildman–Crippen LogP) is 14.2. The standard InChI is InChI=1S/C44H86O4/c1-3-5-7-9-11-13-15-17-18-19-20-21-22-23-24-25-26-27-28-29-31-33-35-37-39-44(46)48-43(41-45)42-47-40-38-36-34-32-30-16-14-12-10-8-6-4-2/h10,12,43,45H,3-9,11,13-42H2,1-2H3/b12-10-. The highest BCUT2D eigenvalue weighted by Gasteiger charge is 2.13. The average Bonchev–Trinajstić information content (AvgIpc) is 3.09. The van der Waals surface area contributed by atoms with E-state index in [4.69, 9.17) is 9.47 Å². The minimum atomic E-state index is -0.530. The van der Waals surface area contributed by atoms with Gasteiger partial charge in [0.25, 0.3) is 0 Å². The molecule has 0 aliphatic heterocycles. The number of carbonyl (C=O) groups is 1. The Morgan fingerprint density at radius 2 is 0.833 bits per heavy atom. The minimum Gasteiger partial charge on any atom is -0.457 e. The molecule has 286 valence electrons. The molecule has 0 bridgehead atoms. The van der Waals surface area contributed by atoms with Crippen LogP contribution < -0.4 is 0 Å². The molecule has 0 aliphatic carbocycles. The van der Waals surface area contributed by atoms with E-state index < -0.39 is 6.10 Å². The lowest BCUT2D eigenvalue weighted by Gasteiger charge is -2.15. The first-order chi connectivity index (χ1) is 23.7. The normalized spacial score (nSPS) is 12.3. The van der Waals surface area contributed by atoms with Crippen LogP contribution >= 0.6 is 0 Å². The molecule has 0 aliphatic rings. The van der Waals surface area contributed by atoms with E-state index in [2.05, 4.69) is 26.0 Å². The van der Waals surface area contributed by atoms with E-state index in [-0.39, 0.29) is 12.6 Å². The summed E-state index contributed by atoms with van der Waals surface area (Å²) in [6, 6.07) is 0. The third kappa shape index (κ3) is 39.6. The molecule has 0 aromatic rings. The van der Waals surface area contributed by atoms with Crippen LogP contribution in [0.1, 0.15) is 239 Å². The third-order valence-electron chi connectivity index (χ3n) is 9.84. The van der Waals surface area contributed by atoms with Gasteiger partial charge in [0.2, 0.25) is 0 Å². The number of rotatable bonds is 41. The third-order valence-corrected chi connectivity index (χ3v) is 9.84. The van der Waals surface area contributed by atoms with Crippen molar-refractivity contribution in [3.8, 4) is 0 Å². The van der Waals surface area contributed by atoms with Crippen LogP contribution in [0, 0.1) is 0 Å². The van der Waals surface area contributed by atoms with Crippen molar-refractivity contribution in [3.63, 3.8) is 0 Å². The van der Waals surface area contributed by atoms with E-state index in [9.17, 15) is 9.90 Å². The number of allylic oxidation sites excluding steroid dienone is 2. The van der Waals surface area contributed by atoms with Gasteiger partial charge in [0, 0.05) is 13.0 Å². The lowest BCUT2D eigenvalue weighted by molar-refractivity contribution is -0.154. The van der Waals surface area contributed by atoms with Crippen LogP contribution in [0.3, 0.4) is 0 Å². The number of aliphatic hydroxyl groups is 1. The van der Waals surface area contributed by atoms with Crippen LogP contribution in [0.25, 0.3) is 0 Å². The molecular weight excluding hydrogens is 592 g/mol. The molecule has 1 N–H and O–H groups in total. The maximum atomic E-state index is 12.2. The molecule has 4 nitrogen and oxygen atoms in total. The van der Waals surface area contributed by atoms with Gasteiger partial charge in [-0.2, -0.15) is 0 Å². The van der Waals surface area contributed by atoms with Crippen molar-refractivity contribution < 1.29 is 19.4 Å². The zero-order valence-electron chi connectivity index (χ0n) is 32.8. The van der Waals surface area contributed by atoms with Gasteiger partial charge in [-0.3, -0.25) is 4.79 Å². The number of aliphatic hydroxyl groups excluding tert-OH is 1. The van der Waals surface area contributed by atoms with Crippen LogP contribution in [-0.4, -0.2) is 37.0 Å². The topological polar surface area (TPSA) is 55.8 Å². The molecule has 48 heavy (non-hydrogen) atoms. The molecule has 0 saturated heterocycles. The largest absolute Gasteiger partial charge is 0.457 e. The fraction of sp³-hybridized carbons (Fsp3) is 0.932. The van der Waals surface area contributed by atoms with Gasteiger partial charge >= 0.3 is 5.97 Å². The van der Waals surface area contributed by atoms with Crippen molar-refractivity contribution in [2.75, 3.05) is 19.8 Å². The summed E-state index contributed by atoms with van der Waals surface area (Å²) in [6.45, 7) is 5.34. The lowest BCUT2D eigenvalue weighted by Crippen LogP contribution is -2.27. The maximum absolute atomic E-state index is 12.2. The Kier molecular flexibility index (Phi) is 41.5. The Balaban J connectivity index is 3.34. The molecule has 0 heterocycles. The zero-order valence-corrected chi connectivity index (χ0v) is 32.8. The molecule has 0 saturated carbocycles. The average molecular weight is 679 g/mol. The van der Waals surface area contributed by atoms with Crippen LogP contribution in [0.4, 0.5) is 0 Å². The lowest BCUT2D eigenvalue weighted by atomic mass is 10.0. The van der Waals surface area contributed by atoms with Crippen molar-refractivity contribution in [2.45, 2.75) is 245 Å².